The minimum absolute atomic E-state index is 0.146. The van der Waals surface area contributed by atoms with E-state index in [-0.39, 0.29) is 23.0 Å². The van der Waals surface area contributed by atoms with E-state index in [1.165, 1.54) is 11.3 Å². The van der Waals surface area contributed by atoms with Gasteiger partial charge in [0.05, 0.1) is 24.1 Å². The fourth-order valence-electron chi connectivity index (χ4n) is 6.40. The monoisotopic (exact) mass is 432 g/mol. The van der Waals surface area contributed by atoms with E-state index in [4.69, 9.17) is 14.8 Å². The van der Waals surface area contributed by atoms with Gasteiger partial charge in [0.25, 0.3) is 0 Å². The van der Waals surface area contributed by atoms with Crippen molar-refractivity contribution in [1.82, 2.24) is 14.6 Å². The van der Waals surface area contributed by atoms with Gasteiger partial charge >= 0.3 is 0 Å². The van der Waals surface area contributed by atoms with Crippen molar-refractivity contribution in [2.24, 2.45) is 5.41 Å². The number of ether oxygens (including phenoxy) is 1. The second-order valence-corrected chi connectivity index (χ2v) is 11.1. The maximum Gasteiger partial charge on any atom is 0.183 e. The molecule has 1 N–H and O–H groups in total. The Morgan fingerprint density at radius 3 is 2.56 bits per heavy atom. The van der Waals surface area contributed by atoms with Crippen LogP contribution in [-0.2, 0) is 15.8 Å². The molecule has 3 saturated heterocycles. The summed E-state index contributed by atoms with van der Waals surface area (Å²) in [6, 6.07) is 13.1. The number of aliphatic hydroxyl groups excluding tert-OH is 1. The van der Waals surface area contributed by atoms with E-state index in [9.17, 15) is 5.11 Å². The van der Waals surface area contributed by atoms with Gasteiger partial charge in [0.2, 0.25) is 0 Å². The summed E-state index contributed by atoms with van der Waals surface area (Å²) in [6.07, 6.45) is 4.82. The van der Waals surface area contributed by atoms with Gasteiger partial charge in [-0.2, -0.15) is 0 Å². The third-order valence-electron chi connectivity index (χ3n) is 8.60. The van der Waals surface area contributed by atoms with Gasteiger partial charge < -0.3 is 14.7 Å². The lowest BCUT2D eigenvalue weighted by Crippen LogP contribution is -2.48. The summed E-state index contributed by atoms with van der Waals surface area (Å²) in [5.74, 6) is 0.753. The summed E-state index contributed by atoms with van der Waals surface area (Å²) in [5, 5.41) is 14.9. The molecule has 168 valence electrons. The lowest BCUT2D eigenvalue weighted by atomic mass is 9.57. The Hall–Kier alpha value is -2.44. The molecule has 0 amide bonds. The molecule has 4 aliphatic rings. The molecule has 7 rings (SSSR count). The zero-order chi connectivity index (χ0) is 22.4. The van der Waals surface area contributed by atoms with Crippen molar-refractivity contribution in [1.29, 1.82) is 0 Å². The van der Waals surface area contributed by atoms with Crippen molar-refractivity contribution in [2.75, 3.05) is 24.6 Å². The number of hydrogen-bond donors (Lipinski definition) is 1. The Balaban J connectivity index is 1.31. The Morgan fingerprint density at radius 2 is 1.88 bits per heavy atom. The first-order valence-corrected chi connectivity index (χ1v) is 11.7. The molecule has 6 heteroatoms. The van der Waals surface area contributed by atoms with Crippen LogP contribution in [0.1, 0.15) is 57.0 Å². The van der Waals surface area contributed by atoms with Crippen LogP contribution < -0.4 is 4.90 Å². The molecule has 1 aromatic carbocycles. The molecular weight excluding hydrogens is 400 g/mol. The van der Waals surface area contributed by atoms with Crippen LogP contribution in [0.15, 0.2) is 42.6 Å². The number of aryl methyl sites for hydroxylation is 1. The van der Waals surface area contributed by atoms with Crippen LogP contribution in [0.2, 0.25) is 0 Å². The van der Waals surface area contributed by atoms with Gasteiger partial charge in [-0.05, 0) is 57.2 Å². The second-order valence-electron chi connectivity index (χ2n) is 11.1. The van der Waals surface area contributed by atoms with Gasteiger partial charge in [-0.3, -0.25) is 0 Å². The molecule has 32 heavy (non-hydrogen) atoms. The molecule has 6 nitrogen and oxygen atoms in total. The Morgan fingerprint density at radius 1 is 1.12 bits per heavy atom. The van der Waals surface area contributed by atoms with Gasteiger partial charge in [-0.15, -0.1) is 5.10 Å². The van der Waals surface area contributed by atoms with Crippen LogP contribution >= 0.6 is 0 Å². The van der Waals surface area contributed by atoms with E-state index in [2.05, 4.69) is 75.2 Å². The quantitative estimate of drug-likeness (QED) is 0.676. The SMILES string of the molecule is Cc1cc(N2CC[C@](C)(c3ccccc3)C2)cn2nc(C34CC(CO)(C3)C(C)(C)O4)nc12. The van der Waals surface area contributed by atoms with Crippen LogP contribution in [0, 0.1) is 12.3 Å². The molecule has 2 bridgehead atoms. The molecule has 0 unspecified atom stereocenters. The molecule has 4 fully saturated rings. The molecule has 5 heterocycles. The van der Waals surface area contributed by atoms with Crippen molar-refractivity contribution < 1.29 is 9.84 Å². The normalized spacial score (nSPS) is 33.1. The molecule has 0 radical (unpaired) electrons. The molecule has 0 spiro atoms. The maximum atomic E-state index is 9.99. The lowest BCUT2D eigenvalue weighted by molar-refractivity contribution is -0.0659. The van der Waals surface area contributed by atoms with Gasteiger partial charge in [-0.25, -0.2) is 9.50 Å². The summed E-state index contributed by atoms with van der Waals surface area (Å²) in [5.41, 5.74) is 3.74. The second kappa shape index (κ2) is 6.33. The standard InChI is InChI=1S/C26H32N4O2/c1-18-12-20(29-11-10-24(4,16-29)19-8-6-5-7-9-19)13-30-21(18)27-22(28-30)26-14-25(15-26,17-31)23(2,3)32-26/h5-9,12-13,31H,10-11,14-17H2,1-4H3/t24-,25?,26?/m0/s1. The molecule has 3 aromatic rings. The average Bonchev–Trinajstić information content (AvgIpc) is 3.46. The van der Waals surface area contributed by atoms with Crippen molar-refractivity contribution in [3.05, 3.63) is 59.5 Å². The number of rotatable bonds is 4. The molecule has 1 saturated carbocycles. The number of fused-ring (bicyclic) bond motifs is 2. The first-order valence-electron chi connectivity index (χ1n) is 11.7. The Labute approximate surface area is 189 Å². The van der Waals surface area contributed by atoms with Gasteiger partial charge in [-0.1, -0.05) is 37.3 Å². The molecule has 1 atom stereocenters. The van der Waals surface area contributed by atoms with E-state index in [1.807, 2.05) is 4.52 Å². The topological polar surface area (TPSA) is 62.9 Å². The van der Waals surface area contributed by atoms with Crippen molar-refractivity contribution in [2.45, 2.75) is 63.6 Å². The summed E-state index contributed by atoms with van der Waals surface area (Å²) >= 11 is 0. The Bertz CT molecular complexity index is 1200. The Kier molecular flexibility index (Phi) is 3.99. The van der Waals surface area contributed by atoms with E-state index in [0.717, 1.165) is 49.4 Å². The van der Waals surface area contributed by atoms with Crippen molar-refractivity contribution >= 4 is 11.3 Å². The van der Waals surface area contributed by atoms with Gasteiger partial charge in [0, 0.05) is 23.9 Å². The zero-order valence-corrected chi connectivity index (χ0v) is 19.4. The molecular formula is C26H32N4O2. The highest BCUT2D eigenvalue weighted by atomic mass is 16.5. The highest BCUT2D eigenvalue weighted by Crippen LogP contribution is 2.69. The molecule has 3 aliphatic heterocycles. The minimum Gasteiger partial charge on any atom is -0.396 e. The predicted molar refractivity (Wildman–Crippen MR) is 124 cm³/mol. The average molecular weight is 433 g/mol. The van der Waals surface area contributed by atoms with E-state index in [1.54, 1.807) is 0 Å². The highest BCUT2D eigenvalue weighted by molar-refractivity contribution is 5.58. The number of aromatic nitrogens is 3. The summed E-state index contributed by atoms with van der Waals surface area (Å²) in [6.45, 7) is 10.8. The molecule has 2 aromatic heterocycles. The van der Waals surface area contributed by atoms with Crippen LogP contribution in [0.5, 0.6) is 0 Å². The van der Waals surface area contributed by atoms with Gasteiger partial charge in [0.1, 0.15) is 5.60 Å². The van der Waals surface area contributed by atoms with E-state index < -0.39 is 5.60 Å². The fraction of sp³-hybridized carbons (Fsp3) is 0.538. The zero-order valence-electron chi connectivity index (χ0n) is 19.4. The van der Waals surface area contributed by atoms with Crippen LogP contribution in [-0.4, -0.2) is 45.0 Å². The minimum atomic E-state index is -0.468. The largest absolute Gasteiger partial charge is 0.396 e. The van der Waals surface area contributed by atoms with Crippen molar-refractivity contribution in [3.8, 4) is 0 Å². The van der Waals surface area contributed by atoms with Crippen LogP contribution in [0.4, 0.5) is 5.69 Å². The van der Waals surface area contributed by atoms with Crippen LogP contribution in [0.25, 0.3) is 5.65 Å². The predicted octanol–water partition coefficient (Wildman–Crippen LogP) is 3.98. The number of benzene rings is 1. The van der Waals surface area contributed by atoms with Gasteiger partial charge in [0.15, 0.2) is 11.5 Å². The van der Waals surface area contributed by atoms with Crippen molar-refractivity contribution in [3.63, 3.8) is 0 Å². The van der Waals surface area contributed by atoms with E-state index >= 15 is 0 Å². The summed E-state index contributed by atoms with van der Waals surface area (Å²) in [7, 11) is 0. The summed E-state index contributed by atoms with van der Waals surface area (Å²) < 4.78 is 8.39. The highest BCUT2D eigenvalue weighted by Gasteiger charge is 2.73. The third-order valence-corrected chi connectivity index (χ3v) is 8.60. The molecule has 1 aliphatic carbocycles. The number of hydrogen-bond acceptors (Lipinski definition) is 5. The number of anilines is 1. The number of nitrogens with zero attached hydrogens (tertiary/aromatic N) is 4. The van der Waals surface area contributed by atoms with Crippen LogP contribution in [0.3, 0.4) is 0 Å². The van der Waals surface area contributed by atoms with E-state index in [0.29, 0.717) is 0 Å². The maximum absolute atomic E-state index is 9.99. The smallest absolute Gasteiger partial charge is 0.183 e. The fourth-order valence-corrected chi connectivity index (χ4v) is 6.40. The third kappa shape index (κ3) is 2.59. The number of aliphatic hydroxyl groups is 1. The number of pyridine rings is 1. The first kappa shape index (κ1) is 20.2. The lowest BCUT2D eigenvalue weighted by Gasteiger charge is -2.44. The summed E-state index contributed by atoms with van der Waals surface area (Å²) in [4.78, 5) is 7.37. The first-order chi connectivity index (χ1) is 15.2.